The average Bonchev–Trinajstić information content (AvgIpc) is 2.59. The van der Waals surface area contributed by atoms with Gasteiger partial charge >= 0.3 is 5.97 Å². The van der Waals surface area contributed by atoms with Crippen LogP contribution >= 0.6 is 0 Å². The first kappa shape index (κ1) is 15.8. The molecule has 0 aliphatic carbocycles. The molecule has 1 heterocycles. The van der Waals surface area contributed by atoms with Gasteiger partial charge in [0.15, 0.2) is 0 Å². The predicted octanol–water partition coefficient (Wildman–Crippen LogP) is 1.94. The highest BCUT2D eigenvalue weighted by Gasteiger charge is 2.23. The van der Waals surface area contributed by atoms with Crippen LogP contribution in [0, 0.1) is 0 Å². The van der Waals surface area contributed by atoms with Crippen molar-refractivity contribution >= 4 is 27.9 Å². The molecule has 0 saturated heterocycles. The van der Waals surface area contributed by atoms with Crippen LogP contribution in [0.3, 0.4) is 0 Å². The SMILES string of the molecule is COC(=O)c1c(OC)ccc2oc3cc(CO)cc(O)c3c(=O)c12. The highest BCUT2D eigenvalue weighted by Crippen LogP contribution is 2.32. The van der Waals surface area contributed by atoms with E-state index in [0.29, 0.717) is 5.56 Å². The number of hydrogen-bond acceptors (Lipinski definition) is 7. The molecule has 0 amide bonds. The van der Waals surface area contributed by atoms with E-state index in [1.165, 1.54) is 38.5 Å². The lowest BCUT2D eigenvalue weighted by Gasteiger charge is -2.11. The lowest BCUT2D eigenvalue weighted by molar-refractivity contribution is 0.0599. The number of carbonyl (C=O) groups is 1. The van der Waals surface area contributed by atoms with E-state index in [2.05, 4.69) is 0 Å². The Bertz CT molecular complexity index is 1020. The minimum Gasteiger partial charge on any atom is -0.507 e. The van der Waals surface area contributed by atoms with Gasteiger partial charge in [-0.2, -0.15) is 0 Å². The van der Waals surface area contributed by atoms with Crippen molar-refractivity contribution in [2.24, 2.45) is 0 Å². The van der Waals surface area contributed by atoms with Gasteiger partial charge in [0.1, 0.15) is 33.6 Å². The van der Waals surface area contributed by atoms with Crippen molar-refractivity contribution in [3.63, 3.8) is 0 Å². The van der Waals surface area contributed by atoms with Gasteiger partial charge in [-0.1, -0.05) is 0 Å². The van der Waals surface area contributed by atoms with Crippen LogP contribution in [-0.4, -0.2) is 30.4 Å². The fourth-order valence-corrected chi connectivity index (χ4v) is 2.65. The number of aromatic hydroxyl groups is 1. The number of carbonyl (C=O) groups excluding carboxylic acids is 1. The molecule has 124 valence electrons. The minimum atomic E-state index is -0.754. The molecule has 0 radical (unpaired) electrons. The fourth-order valence-electron chi connectivity index (χ4n) is 2.65. The van der Waals surface area contributed by atoms with E-state index < -0.39 is 11.4 Å². The van der Waals surface area contributed by atoms with Gasteiger partial charge in [0.25, 0.3) is 0 Å². The van der Waals surface area contributed by atoms with Crippen LogP contribution in [0.25, 0.3) is 21.9 Å². The van der Waals surface area contributed by atoms with Gasteiger partial charge in [-0.15, -0.1) is 0 Å². The predicted molar refractivity (Wildman–Crippen MR) is 85.5 cm³/mol. The molecular weight excluding hydrogens is 316 g/mol. The first-order valence-corrected chi connectivity index (χ1v) is 7.00. The number of methoxy groups -OCH3 is 2. The molecular formula is C17H14O7. The van der Waals surface area contributed by atoms with Crippen molar-refractivity contribution in [2.45, 2.75) is 6.61 Å². The summed E-state index contributed by atoms with van der Waals surface area (Å²) in [5.41, 5.74) is -0.0174. The number of fused-ring (bicyclic) bond motifs is 2. The molecule has 2 N–H and O–H groups in total. The van der Waals surface area contributed by atoms with E-state index in [-0.39, 0.29) is 45.6 Å². The summed E-state index contributed by atoms with van der Waals surface area (Å²) in [6.07, 6.45) is 0. The third-order valence-corrected chi connectivity index (χ3v) is 3.74. The van der Waals surface area contributed by atoms with Gasteiger partial charge in [-0.25, -0.2) is 4.79 Å². The Kier molecular flexibility index (Phi) is 3.86. The topological polar surface area (TPSA) is 106 Å². The third kappa shape index (κ3) is 2.26. The van der Waals surface area contributed by atoms with Crippen LogP contribution < -0.4 is 10.2 Å². The number of ether oxygens (including phenoxy) is 2. The minimum absolute atomic E-state index is 0.0410. The molecule has 3 aromatic rings. The maximum Gasteiger partial charge on any atom is 0.342 e. The summed E-state index contributed by atoms with van der Waals surface area (Å²) in [5, 5.41) is 19.2. The number of rotatable bonds is 3. The second kappa shape index (κ2) is 5.86. The second-order valence-corrected chi connectivity index (χ2v) is 5.08. The van der Waals surface area contributed by atoms with Gasteiger partial charge in [0.05, 0.1) is 26.2 Å². The Hall–Kier alpha value is -3.06. The number of hydrogen-bond donors (Lipinski definition) is 2. The first-order chi connectivity index (χ1) is 11.5. The molecule has 0 saturated carbocycles. The number of aliphatic hydroxyl groups excluding tert-OH is 1. The van der Waals surface area contributed by atoms with Gasteiger partial charge in [-0.05, 0) is 29.8 Å². The van der Waals surface area contributed by atoms with E-state index in [4.69, 9.17) is 13.9 Å². The van der Waals surface area contributed by atoms with Crippen LogP contribution in [0.15, 0.2) is 33.5 Å². The van der Waals surface area contributed by atoms with Gasteiger partial charge < -0.3 is 24.1 Å². The highest BCUT2D eigenvalue weighted by atomic mass is 16.5. The Morgan fingerprint density at radius 1 is 1.17 bits per heavy atom. The molecule has 3 rings (SSSR count). The number of benzene rings is 2. The summed E-state index contributed by atoms with van der Waals surface area (Å²) in [7, 11) is 2.55. The molecule has 0 unspecified atom stereocenters. The summed E-state index contributed by atoms with van der Waals surface area (Å²) >= 11 is 0. The van der Waals surface area contributed by atoms with E-state index >= 15 is 0 Å². The lowest BCUT2D eigenvalue weighted by atomic mass is 10.0. The van der Waals surface area contributed by atoms with Crippen LogP contribution in [0.1, 0.15) is 15.9 Å². The Labute approximate surface area is 135 Å². The molecule has 7 heteroatoms. The molecule has 1 aromatic heterocycles. The smallest absolute Gasteiger partial charge is 0.342 e. The number of phenolic OH excluding ortho intramolecular Hbond substituents is 1. The number of phenols is 1. The molecule has 0 fully saturated rings. The van der Waals surface area contributed by atoms with Crippen molar-refractivity contribution < 1.29 is 28.9 Å². The normalized spacial score (nSPS) is 11.0. The molecule has 0 spiro atoms. The van der Waals surface area contributed by atoms with Crippen LogP contribution in [0.4, 0.5) is 0 Å². The Balaban J connectivity index is 2.54. The number of aliphatic hydroxyl groups is 1. The van der Waals surface area contributed by atoms with Gasteiger partial charge in [-0.3, -0.25) is 4.79 Å². The summed E-state index contributed by atoms with van der Waals surface area (Å²) in [4.78, 5) is 25.0. The summed E-state index contributed by atoms with van der Waals surface area (Å²) < 4.78 is 15.5. The summed E-state index contributed by atoms with van der Waals surface area (Å²) in [6, 6.07) is 5.70. The van der Waals surface area contributed by atoms with Crippen LogP contribution in [0.2, 0.25) is 0 Å². The van der Waals surface area contributed by atoms with E-state index in [1.807, 2.05) is 0 Å². The third-order valence-electron chi connectivity index (χ3n) is 3.74. The van der Waals surface area contributed by atoms with Crippen molar-refractivity contribution in [3.05, 3.63) is 45.6 Å². The van der Waals surface area contributed by atoms with E-state index in [1.54, 1.807) is 0 Å². The maximum absolute atomic E-state index is 12.9. The summed E-state index contributed by atoms with van der Waals surface area (Å²) in [5.74, 6) is -0.936. The molecule has 0 atom stereocenters. The molecule has 7 nitrogen and oxygen atoms in total. The molecule has 0 aliphatic rings. The standard InChI is InChI=1S/C17H14O7/c1-22-10-3-4-11-14(15(10)17(21)23-2)16(20)13-9(19)5-8(7-18)6-12(13)24-11/h3-6,18-19H,7H2,1-2H3. The second-order valence-electron chi connectivity index (χ2n) is 5.08. The van der Waals surface area contributed by atoms with Crippen LogP contribution in [-0.2, 0) is 11.3 Å². The van der Waals surface area contributed by atoms with Crippen molar-refractivity contribution in [1.82, 2.24) is 0 Å². The molecule has 2 aromatic carbocycles. The average molecular weight is 330 g/mol. The molecule has 0 aliphatic heterocycles. The summed E-state index contributed by atoms with van der Waals surface area (Å²) in [6.45, 7) is -0.318. The monoisotopic (exact) mass is 330 g/mol. The van der Waals surface area contributed by atoms with E-state index in [9.17, 15) is 19.8 Å². The van der Waals surface area contributed by atoms with Crippen molar-refractivity contribution in [3.8, 4) is 11.5 Å². The zero-order valence-corrected chi connectivity index (χ0v) is 13.0. The Morgan fingerprint density at radius 3 is 2.54 bits per heavy atom. The maximum atomic E-state index is 12.9. The largest absolute Gasteiger partial charge is 0.507 e. The molecule has 24 heavy (non-hydrogen) atoms. The Morgan fingerprint density at radius 2 is 1.92 bits per heavy atom. The van der Waals surface area contributed by atoms with Crippen LogP contribution in [0.5, 0.6) is 11.5 Å². The molecule has 0 bridgehead atoms. The van der Waals surface area contributed by atoms with Crippen molar-refractivity contribution in [1.29, 1.82) is 0 Å². The lowest BCUT2D eigenvalue weighted by Crippen LogP contribution is -2.12. The van der Waals surface area contributed by atoms with Crippen molar-refractivity contribution in [2.75, 3.05) is 14.2 Å². The highest BCUT2D eigenvalue weighted by molar-refractivity contribution is 6.08. The fraction of sp³-hybridized carbons (Fsp3) is 0.176. The zero-order chi connectivity index (χ0) is 17.4. The quantitative estimate of drug-likeness (QED) is 0.558. The van der Waals surface area contributed by atoms with Gasteiger partial charge in [0, 0.05) is 0 Å². The zero-order valence-electron chi connectivity index (χ0n) is 13.0. The number of esters is 1. The van der Waals surface area contributed by atoms with E-state index in [0.717, 1.165) is 0 Å². The van der Waals surface area contributed by atoms with Gasteiger partial charge in [0.2, 0.25) is 5.43 Å². The first-order valence-electron chi connectivity index (χ1n) is 7.00.